The second-order valence-corrected chi connectivity index (χ2v) is 14.0. The van der Waals surface area contributed by atoms with Crippen molar-refractivity contribution >= 4 is 58.2 Å². The van der Waals surface area contributed by atoms with Crippen molar-refractivity contribution < 1.29 is 38.3 Å². The van der Waals surface area contributed by atoms with Gasteiger partial charge in [-0.15, -0.1) is 0 Å². The van der Waals surface area contributed by atoms with Gasteiger partial charge in [-0.25, -0.2) is 0 Å². The van der Waals surface area contributed by atoms with Gasteiger partial charge < -0.3 is 28.4 Å². The van der Waals surface area contributed by atoms with Crippen molar-refractivity contribution in [2.45, 2.75) is 61.9 Å². The normalized spacial score (nSPS) is 16.6. The molecular weight excluding hydrogens is 653 g/mol. The Morgan fingerprint density at radius 3 is 1.82 bits per heavy atom. The molecule has 1 fully saturated rings. The van der Waals surface area contributed by atoms with Gasteiger partial charge in [-0.1, -0.05) is 21.6 Å². The van der Waals surface area contributed by atoms with E-state index in [-0.39, 0.29) is 36.5 Å². The summed E-state index contributed by atoms with van der Waals surface area (Å²) in [6.07, 6.45) is 8.17. The molecule has 0 amide bonds. The number of hydrogen-bond donors (Lipinski definition) is 2. The summed E-state index contributed by atoms with van der Waals surface area (Å²) in [5.41, 5.74) is -0.182. The Balaban J connectivity index is 0.000000201. The lowest BCUT2D eigenvalue weighted by molar-refractivity contribution is -0.386. The molecule has 3 heterocycles. The van der Waals surface area contributed by atoms with Crippen LogP contribution >= 0.6 is 46.8 Å². The van der Waals surface area contributed by atoms with Crippen LogP contribution in [0.1, 0.15) is 51.4 Å². The average molecular weight is 689 g/mol. The first-order valence-electron chi connectivity index (χ1n) is 14.3. The topological polar surface area (TPSA) is 142 Å². The third-order valence-electron chi connectivity index (χ3n) is 6.86. The largest absolute Gasteiger partial charge is 0.487 e. The zero-order valence-corrected chi connectivity index (χ0v) is 27.5. The Kier molecular flexibility index (Phi) is 13.9. The SMILES string of the molecule is O=[N+]([O-])c1cc2c(cc1OCCCCC(S)CCS)OCO2.O=[N+]([O-])c1cc2c(cc1OCCCCC1CCSS1)OCO2. The van der Waals surface area contributed by atoms with E-state index in [0.29, 0.717) is 41.5 Å². The lowest BCUT2D eigenvalue weighted by atomic mass is 10.1. The maximum absolute atomic E-state index is 11.1. The summed E-state index contributed by atoms with van der Waals surface area (Å²) in [6, 6.07) is 5.77. The fourth-order valence-corrected chi connectivity index (χ4v) is 8.37. The van der Waals surface area contributed by atoms with E-state index in [1.807, 2.05) is 21.6 Å². The molecule has 12 nitrogen and oxygen atoms in total. The maximum Gasteiger partial charge on any atom is 0.314 e. The van der Waals surface area contributed by atoms with Crippen molar-refractivity contribution in [2.75, 3.05) is 38.3 Å². The van der Waals surface area contributed by atoms with Crippen molar-refractivity contribution in [2.24, 2.45) is 0 Å². The minimum atomic E-state index is -0.478. The summed E-state index contributed by atoms with van der Waals surface area (Å²) in [5.74, 6) is 4.29. The number of benzene rings is 2. The number of fused-ring (bicyclic) bond motifs is 2. The molecule has 0 radical (unpaired) electrons. The minimum Gasteiger partial charge on any atom is -0.487 e. The Bertz CT molecular complexity index is 1270. The molecule has 3 aliphatic heterocycles. The van der Waals surface area contributed by atoms with Crippen LogP contribution in [0.25, 0.3) is 0 Å². The van der Waals surface area contributed by atoms with Crippen molar-refractivity contribution in [3.8, 4) is 34.5 Å². The molecule has 2 unspecified atom stereocenters. The molecule has 3 aliphatic rings. The second kappa shape index (κ2) is 17.8. The maximum atomic E-state index is 11.1. The van der Waals surface area contributed by atoms with Crippen molar-refractivity contribution in [3.63, 3.8) is 0 Å². The smallest absolute Gasteiger partial charge is 0.314 e. The molecule has 0 aliphatic carbocycles. The molecule has 2 atom stereocenters. The Morgan fingerprint density at radius 1 is 0.818 bits per heavy atom. The fraction of sp³-hybridized carbons (Fsp3) is 0.571. The number of ether oxygens (including phenoxy) is 6. The van der Waals surface area contributed by atoms with E-state index in [0.717, 1.165) is 49.5 Å². The van der Waals surface area contributed by atoms with Gasteiger partial charge in [0, 0.05) is 28.4 Å². The van der Waals surface area contributed by atoms with Gasteiger partial charge in [0.15, 0.2) is 23.0 Å². The molecule has 1 saturated heterocycles. The van der Waals surface area contributed by atoms with Crippen molar-refractivity contribution in [3.05, 3.63) is 44.5 Å². The van der Waals surface area contributed by atoms with Gasteiger partial charge >= 0.3 is 11.4 Å². The van der Waals surface area contributed by atoms with Gasteiger partial charge in [0.1, 0.15) is 0 Å². The molecule has 0 saturated carbocycles. The summed E-state index contributed by atoms with van der Waals surface area (Å²) in [6.45, 7) is 1.06. The van der Waals surface area contributed by atoms with E-state index in [1.54, 1.807) is 6.07 Å². The Morgan fingerprint density at radius 2 is 1.34 bits per heavy atom. The summed E-state index contributed by atoms with van der Waals surface area (Å²) < 4.78 is 31.9. The highest BCUT2D eigenvalue weighted by Gasteiger charge is 2.26. The lowest BCUT2D eigenvalue weighted by Gasteiger charge is -2.10. The third-order valence-corrected chi connectivity index (χ3v) is 10.6. The number of rotatable bonds is 16. The monoisotopic (exact) mass is 688 g/mol. The fourth-order valence-electron chi connectivity index (χ4n) is 4.52. The van der Waals surface area contributed by atoms with Gasteiger partial charge in [0.25, 0.3) is 0 Å². The number of thiol groups is 2. The number of nitro groups is 2. The molecular formula is C28H36N2O10S4. The molecule has 5 rings (SSSR count). The standard InChI is InChI=1S/C14H17NO5S2.C14H19NO5S2/c16-15(17)11-7-13-14(20-9-19-13)8-12(11)18-5-2-1-3-10-4-6-21-22-10;16-15(17)11-7-13-14(20-9-19-13)8-12(11)18-5-2-1-3-10(22)4-6-21/h7-8,10H,1-6,9H2;7-8,10,21-22H,1-6,9H2. The molecule has 242 valence electrons. The van der Waals surface area contributed by atoms with Crippen LogP contribution in [-0.4, -0.2) is 58.7 Å². The van der Waals surface area contributed by atoms with Crippen LogP contribution in [-0.2, 0) is 0 Å². The molecule has 2 aromatic rings. The first kappa shape index (κ1) is 34.3. The van der Waals surface area contributed by atoms with Crippen LogP contribution in [0.2, 0.25) is 0 Å². The van der Waals surface area contributed by atoms with Crippen LogP contribution in [0, 0.1) is 20.2 Å². The Hall–Kier alpha value is -2.56. The van der Waals surface area contributed by atoms with Crippen molar-refractivity contribution in [1.82, 2.24) is 0 Å². The number of nitrogens with zero attached hydrogens (tertiary/aromatic N) is 2. The van der Waals surface area contributed by atoms with Gasteiger partial charge in [-0.05, 0) is 57.1 Å². The average Bonchev–Trinajstić information content (AvgIpc) is 3.78. The van der Waals surface area contributed by atoms with Crippen LogP contribution < -0.4 is 28.4 Å². The molecule has 0 N–H and O–H groups in total. The summed E-state index contributed by atoms with van der Waals surface area (Å²) in [4.78, 5) is 21.3. The Labute approximate surface area is 274 Å². The molecule has 0 spiro atoms. The van der Waals surface area contributed by atoms with Gasteiger partial charge in [0.2, 0.25) is 25.1 Å². The highest BCUT2D eigenvalue weighted by Crippen LogP contribution is 2.43. The molecule has 44 heavy (non-hydrogen) atoms. The van der Waals surface area contributed by atoms with E-state index in [1.165, 1.54) is 36.8 Å². The van der Waals surface area contributed by atoms with E-state index in [9.17, 15) is 20.2 Å². The van der Waals surface area contributed by atoms with Crippen LogP contribution in [0.3, 0.4) is 0 Å². The number of hydrogen-bond acceptors (Lipinski definition) is 14. The molecule has 16 heteroatoms. The highest BCUT2D eigenvalue weighted by atomic mass is 33.1. The number of nitro benzene ring substituents is 2. The predicted molar refractivity (Wildman–Crippen MR) is 177 cm³/mol. The molecule has 0 aromatic heterocycles. The minimum absolute atomic E-state index is 0.0738. The first-order chi connectivity index (χ1) is 21.4. The quantitative estimate of drug-likeness (QED) is 0.0592. The summed E-state index contributed by atoms with van der Waals surface area (Å²) >= 11 is 8.63. The zero-order valence-electron chi connectivity index (χ0n) is 24.1. The van der Waals surface area contributed by atoms with Gasteiger partial charge in [-0.3, -0.25) is 20.2 Å². The molecule has 2 aromatic carbocycles. The third kappa shape index (κ3) is 10.2. The second-order valence-electron chi connectivity index (χ2n) is 10.0. The summed E-state index contributed by atoms with van der Waals surface area (Å²) in [7, 11) is 3.92. The first-order valence-corrected chi connectivity index (χ1v) is 17.9. The van der Waals surface area contributed by atoms with E-state index >= 15 is 0 Å². The van der Waals surface area contributed by atoms with E-state index in [2.05, 4.69) is 25.3 Å². The lowest BCUT2D eigenvalue weighted by Crippen LogP contribution is -2.03. The zero-order chi connectivity index (χ0) is 31.3. The van der Waals surface area contributed by atoms with Gasteiger partial charge in [0.05, 0.1) is 35.2 Å². The van der Waals surface area contributed by atoms with Crippen molar-refractivity contribution in [1.29, 1.82) is 0 Å². The summed E-state index contributed by atoms with van der Waals surface area (Å²) in [5, 5.41) is 23.3. The number of unbranched alkanes of at least 4 members (excludes halogenated alkanes) is 2. The van der Waals surface area contributed by atoms with E-state index < -0.39 is 9.85 Å². The highest BCUT2D eigenvalue weighted by molar-refractivity contribution is 8.77. The van der Waals surface area contributed by atoms with E-state index in [4.69, 9.17) is 28.4 Å². The van der Waals surface area contributed by atoms with Gasteiger partial charge in [-0.2, -0.15) is 25.3 Å². The predicted octanol–water partition coefficient (Wildman–Crippen LogP) is 7.52. The molecule has 0 bridgehead atoms. The van der Waals surface area contributed by atoms with Crippen LogP contribution in [0.5, 0.6) is 34.5 Å². The van der Waals surface area contributed by atoms with Crippen LogP contribution in [0.4, 0.5) is 11.4 Å². The van der Waals surface area contributed by atoms with Crippen LogP contribution in [0.15, 0.2) is 24.3 Å².